The first-order valence-corrected chi connectivity index (χ1v) is 7.68. The minimum atomic E-state index is 0.657. The van der Waals surface area contributed by atoms with E-state index < -0.39 is 0 Å². The number of nitrogens with zero attached hydrogens (tertiary/aromatic N) is 4. The summed E-state index contributed by atoms with van der Waals surface area (Å²) < 4.78 is 0. The summed E-state index contributed by atoms with van der Waals surface area (Å²) in [5.41, 5.74) is 7.64. The summed E-state index contributed by atoms with van der Waals surface area (Å²) in [6.45, 7) is 8.73. The van der Waals surface area contributed by atoms with Crippen molar-refractivity contribution in [2.75, 3.05) is 36.8 Å². The van der Waals surface area contributed by atoms with Crippen LogP contribution in [-0.2, 0) is 0 Å². The molecule has 0 spiro atoms. The van der Waals surface area contributed by atoms with Crippen molar-refractivity contribution in [1.29, 1.82) is 0 Å². The molecule has 0 bridgehead atoms. The Morgan fingerprint density at radius 1 is 1.19 bits per heavy atom. The molecule has 21 heavy (non-hydrogen) atoms. The number of nitrogens with two attached hydrogens (primary N) is 1. The maximum atomic E-state index is 5.92. The van der Waals surface area contributed by atoms with Gasteiger partial charge in [0.15, 0.2) is 0 Å². The van der Waals surface area contributed by atoms with Crippen molar-refractivity contribution < 1.29 is 0 Å². The third-order valence-electron chi connectivity index (χ3n) is 4.47. The van der Waals surface area contributed by atoms with Gasteiger partial charge in [0.25, 0.3) is 0 Å². The standard InChI is InChI=1S/C16H23N5/c1-3-12(2)20-6-8-21(9-7-20)16-14-10-13(17)4-5-15(14)18-11-19-16/h4-5,10-12H,3,6-9,17H2,1-2H3. The predicted octanol–water partition coefficient (Wildman–Crippen LogP) is 2.13. The van der Waals surface area contributed by atoms with Gasteiger partial charge in [-0.25, -0.2) is 9.97 Å². The second-order valence-corrected chi connectivity index (χ2v) is 5.75. The van der Waals surface area contributed by atoms with Crippen molar-refractivity contribution in [3.05, 3.63) is 24.5 Å². The molecule has 2 heterocycles. The van der Waals surface area contributed by atoms with Crippen LogP contribution >= 0.6 is 0 Å². The second kappa shape index (κ2) is 5.85. The van der Waals surface area contributed by atoms with Crippen molar-refractivity contribution in [1.82, 2.24) is 14.9 Å². The topological polar surface area (TPSA) is 58.3 Å². The van der Waals surface area contributed by atoms with Gasteiger partial charge in [0.05, 0.1) is 5.52 Å². The van der Waals surface area contributed by atoms with Crippen LogP contribution in [0.3, 0.4) is 0 Å². The van der Waals surface area contributed by atoms with Crippen LogP contribution in [0.4, 0.5) is 11.5 Å². The lowest BCUT2D eigenvalue weighted by Crippen LogP contribution is -2.49. The fraction of sp³-hybridized carbons (Fsp3) is 0.500. The molecule has 1 aromatic heterocycles. The van der Waals surface area contributed by atoms with E-state index >= 15 is 0 Å². The van der Waals surface area contributed by atoms with Gasteiger partial charge in [-0.3, -0.25) is 4.90 Å². The molecule has 112 valence electrons. The summed E-state index contributed by atoms with van der Waals surface area (Å²) in [6.07, 6.45) is 2.85. The van der Waals surface area contributed by atoms with Crippen molar-refractivity contribution in [2.45, 2.75) is 26.3 Å². The zero-order chi connectivity index (χ0) is 14.8. The highest BCUT2D eigenvalue weighted by Crippen LogP contribution is 2.26. The molecule has 3 rings (SSSR count). The quantitative estimate of drug-likeness (QED) is 0.876. The minimum absolute atomic E-state index is 0.657. The van der Waals surface area contributed by atoms with Gasteiger partial charge >= 0.3 is 0 Å². The summed E-state index contributed by atoms with van der Waals surface area (Å²) in [6, 6.07) is 6.49. The zero-order valence-corrected chi connectivity index (χ0v) is 12.8. The fourth-order valence-corrected chi connectivity index (χ4v) is 2.95. The maximum Gasteiger partial charge on any atom is 0.140 e. The van der Waals surface area contributed by atoms with E-state index in [0.29, 0.717) is 6.04 Å². The number of hydrogen-bond acceptors (Lipinski definition) is 5. The van der Waals surface area contributed by atoms with Crippen LogP contribution in [0.25, 0.3) is 10.9 Å². The number of piperazine rings is 1. The Bertz CT molecular complexity index is 619. The first-order valence-electron chi connectivity index (χ1n) is 7.68. The molecule has 1 aliphatic rings. The van der Waals surface area contributed by atoms with Crippen molar-refractivity contribution >= 4 is 22.4 Å². The Balaban J connectivity index is 1.84. The van der Waals surface area contributed by atoms with E-state index in [-0.39, 0.29) is 0 Å². The Labute approximate surface area is 125 Å². The SMILES string of the molecule is CCC(C)N1CCN(c2ncnc3ccc(N)cc23)CC1. The molecule has 0 saturated carbocycles. The van der Waals surface area contributed by atoms with Gasteiger partial charge in [0.1, 0.15) is 12.1 Å². The molecule has 1 atom stereocenters. The highest BCUT2D eigenvalue weighted by Gasteiger charge is 2.22. The van der Waals surface area contributed by atoms with Gasteiger partial charge in [-0.1, -0.05) is 6.92 Å². The molecular formula is C16H23N5. The molecule has 1 aliphatic heterocycles. The molecule has 2 N–H and O–H groups in total. The lowest BCUT2D eigenvalue weighted by atomic mass is 10.1. The predicted molar refractivity (Wildman–Crippen MR) is 87.5 cm³/mol. The molecule has 5 heteroatoms. The number of aromatic nitrogens is 2. The largest absolute Gasteiger partial charge is 0.399 e. The van der Waals surface area contributed by atoms with Crippen LogP contribution in [0.1, 0.15) is 20.3 Å². The lowest BCUT2D eigenvalue weighted by molar-refractivity contribution is 0.192. The minimum Gasteiger partial charge on any atom is -0.399 e. The normalized spacial score (nSPS) is 18.1. The molecule has 1 fully saturated rings. The van der Waals surface area contributed by atoms with Crippen molar-refractivity contribution in [2.24, 2.45) is 0 Å². The summed E-state index contributed by atoms with van der Waals surface area (Å²) in [5, 5.41) is 1.05. The van der Waals surface area contributed by atoms with E-state index in [1.54, 1.807) is 6.33 Å². The van der Waals surface area contributed by atoms with Crippen LogP contribution in [0.15, 0.2) is 24.5 Å². The summed E-state index contributed by atoms with van der Waals surface area (Å²) in [5.74, 6) is 1.01. The highest BCUT2D eigenvalue weighted by atomic mass is 15.3. The number of fused-ring (bicyclic) bond motifs is 1. The van der Waals surface area contributed by atoms with E-state index in [1.807, 2.05) is 18.2 Å². The van der Waals surface area contributed by atoms with Crippen LogP contribution in [0.5, 0.6) is 0 Å². The molecule has 1 unspecified atom stereocenters. The Hall–Kier alpha value is -1.88. The average molecular weight is 285 g/mol. The van der Waals surface area contributed by atoms with E-state index in [0.717, 1.165) is 48.6 Å². The monoisotopic (exact) mass is 285 g/mol. The average Bonchev–Trinajstić information content (AvgIpc) is 2.53. The molecule has 0 aliphatic carbocycles. The van der Waals surface area contributed by atoms with E-state index in [4.69, 9.17) is 5.73 Å². The van der Waals surface area contributed by atoms with E-state index in [2.05, 4.69) is 33.6 Å². The summed E-state index contributed by atoms with van der Waals surface area (Å²) >= 11 is 0. The van der Waals surface area contributed by atoms with Gasteiger partial charge in [0.2, 0.25) is 0 Å². The zero-order valence-electron chi connectivity index (χ0n) is 12.8. The smallest absolute Gasteiger partial charge is 0.140 e. The highest BCUT2D eigenvalue weighted by molar-refractivity contribution is 5.91. The summed E-state index contributed by atoms with van der Waals surface area (Å²) in [4.78, 5) is 13.7. The number of hydrogen-bond donors (Lipinski definition) is 1. The Morgan fingerprint density at radius 2 is 1.95 bits per heavy atom. The van der Waals surface area contributed by atoms with Crippen molar-refractivity contribution in [3.63, 3.8) is 0 Å². The first-order chi connectivity index (χ1) is 10.2. The van der Waals surface area contributed by atoms with Crippen LogP contribution in [0.2, 0.25) is 0 Å². The number of nitrogen functional groups attached to an aromatic ring is 1. The van der Waals surface area contributed by atoms with Gasteiger partial charge < -0.3 is 10.6 Å². The Morgan fingerprint density at radius 3 is 2.67 bits per heavy atom. The molecule has 5 nitrogen and oxygen atoms in total. The van der Waals surface area contributed by atoms with Crippen LogP contribution in [0, 0.1) is 0 Å². The van der Waals surface area contributed by atoms with Gasteiger partial charge in [-0.05, 0) is 31.5 Å². The van der Waals surface area contributed by atoms with Crippen LogP contribution in [-0.4, -0.2) is 47.1 Å². The fourth-order valence-electron chi connectivity index (χ4n) is 2.95. The second-order valence-electron chi connectivity index (χ2n) is 5.75. The number of rotatable bonds is 3. The molecule has 0 radical (unpaired) electrons. The van der Waals surface area contributed by atoms with Gasteiger partial charge in [-0.2, -0.15) is 0 Å². The molecular weight excluding hydrogens is 262 g/mol. The number of benzene rings is 1. The van der Waals surface area contributed by atoms with Gasteiger partial charge in [-0.15, -0.1) is 0 Å². The summed E-state index contributed by atoms with van der Waals surface area (Å²) in [7, 11) is 0. The van der Waals surface area contributed by atoms with Gasteiger partial charge in [0, 0.05) is 43.3 Å². The third-order valence-corrected chi connectivity index (χ3v) is 4.47. The van der Waals surface area contributed by atoms with E-state index in [1.165, 1.54) is 6.42 Å². The van der Waals surface area contributed by atoms with Crippen molar-refractivity contribution in [3.8, 4) is 0 Å². The molecule has 2 aromatic rings. The number of anilines is 2. The maximum absolute atomic E-state index is 5.92. The molecule has 1 aromatic carbocycles. The van der Waals surface area contributed by atoms with E-state index in [9.17, 15) is 0 Å². The molecule has 0 amide bonds. The van der Waals surface area contributed by atoms with Crippen LogP contribution < -0.4 is 10.6 Å². The first kappa shape index (κ1) is 14.1. The third kappa shape index (κ3) is 2.78. The lowest BCUT2D eigenvalue weighted by Gasteiger charge is -2.38. The Kier molecular flexibility index (Phi) is 3.92. The molecule has 1 saturated heterocycles.